The fourth-order valence-electron chi connectivity index (χ4n) is 2.74. The Morgan fingerprint density at radius 2 is 1.84 bits per heavy atom. The summed E-state index contributed by atoms with van der Waals surface area (Å²) in [5.41, 5.74) is 0.869. The minimum Gasteiger partial charge on any atom is -0.507 e. The third-order valence-electron chi connectivity index (χ3n) is 4.28. The minimum atomic E-state index is -1.29. The molecule has 0 saturated carbocycles. The van der Waals surface area contributed by atoms with Gasteiger partial charge in [-0.05, 0) is 35.5 Å². The Morgan fingerprint density at radius 3 is 2.52 bits per heavy atom. The molecule has 0 spiro atoms. The first-order valence-corrected chi connectivity index (χ1v) is 10.00. The van der Waals surface area contributed by atoms with Gasteiger partial charge in [0.2, 0.25) is 5.91 Å². The summed E-state index contributed by atoms with van der Waals surface area (Å²) in [6.45, 7) is -0.102. The molecule has 2 aromatic rings. The molecule has 1 heterocycles. The molecule has 1 aliphatic rings. The first-order chi connectivity index (χ1) is 14.8. The predicted octanol–water partition coefficient (Wildman–Crippen LogP) is 3.71. The largest absolute Gasteiger partial charge is 0.507 e. The van der Waals surface area contributed by atoms with E-state index in [0.29, 0.717) is 0 Å². The van der Waals surface area contributed by atoms with Gasteiger partial charge >= 0.3 is 5.97 Å². The van der Waals surface area contributed by atoms with Gasteiger partial charge in [-0.1, -0.05) is 42.5 Å². The first-order valence-electron chi connectivity index (χ1n) is 9.18. The number of phenols is 1. The van der Waals surface area contributed by atoms with Crippen molar-refractivity contribution < 1.29 is 29.4 Å². The number of carbonyl (C=O) groups is 4. The number of carbonyl (C=O) groups excluding carboxylic acids is 3. The van der Waals surface area contributed by atoms with Crippen molar-refractivity contribution in [3.8, 4) is 5.75 Å². The highest BCUT2D eigenvalue weighted by molar-refractivity contribution is 8.18. The van der Waals surface area contributed by atoms with Gasteiger partial charge < -0.3 is 15.5 Å². The quantitative estimate of drug-likeness (QED) is 0.563. The Morgan fingerprint density at radius 1 is 1.10 bits per heavy atom. The van der Waals surface area contributed by atoms with E-state index in [1.807, 2.05) is 36.4 Å². The molecule has 0 bridgehead atoms. The lowest BCUT2D eigenvalue weighted by molar-refractivity contribution is -0.123. The monoisotopic (exact) mass is 438 g/mol. The number of aromatic hydroxyl groups is 1. The van der Waals surface area contributed by atoms with E-state index in [1.165, 1.54) is 6.07 Å². The fraction of sp³-hybridized carbons (Fsp3) is 0.0909. The van der Waals surface area contributed by atoms with Crippen LogP contribution in [0.5, 0.6) is 5.75 Å². The summed E-state index contributed by atoms with van der Waals surface area (Å²) in [6, 6.07) is 13.1. The number of nitrogens with one attached hydrogen (secondary N) is 1. The van der Waals surface area contributed by atoms with Crippen LogP contribution < -0.4 is 5.32 Å². The summed E-state index contributed by atoms with van der Waals surface area (Å²) < 4.78 is 0. The second kappa shape index (κ2) is 9.77. The molecule has 1 aliphatic heterocycles. The minimum absolute atomic E-state index is 0.102. The van der Waals surface area contributed by atoms with E-state index in [2.05, 4.69) is 5.32 Å². The zero-order valence-corrected chi connectivity index (χ0v) is 17.0. The molecule has 2 aromatic carbocycles. The van der Waals surface area contributed by atoms with Gasteiger partial charge in [-0.2, -0.15) is 0 Å². The Balaban J connectivity index is 1.56. The second-order valence-electron chi connectivity index (χ2n) is 6.46. The summed E-state index contributed by atoms with van der Waals surface area (Å²) in [5, 5.41) is 20.6. The molecule has 1 saturated heterocycles. The topological polar surface area (TPSA) is 124 Å². The SMILES string of the molecule is O=C(CCN1C(=O)SC(=CC=Cc2ccccc2)C1=O)Nc1ccc(C(=O)O)c(O)c1. The molecule has 0 aromatic heterocycles. The van der Waals surface area contributed by atoms with Gasteiger partial charge in [0.05, 0.1) is 4.91 Å². The molecule has 0 radical (unpaired) electrons. The maximum absolute atomic E-state index is 12.4. The average molecular weight is 438 g/mol. The third-order valence-corrected chi connectivity index (χ3v) is 5.21. The van der Waals surface area contributed by atoms with E-state index in [1.54, 1.807) is 12.2 Å². The smallest absolute Gasteiger partial charge is 0.339 e. The lowest BCUT2D eigenvalue weighted by Crippen LogP contribution is -2.31. The zero-order valence-electron chi connectivity index (χ0n) is 16.1. The van der Waals surface area contributed by atoms with Crippen LogP contribution >= 0.6 is 11.8 Å². The Kier molecular flexibility index (Phi) is 6.88. The molecular weight excluding hydrogens is 420 g/mol. The number of thioether (sulfide) groups is 1. The molecule has 31 heavy (non-hydrogen) atoms. The number of rotatable bonds is 7. The maximum atomic E-state index is 12.4. The molecule has 3 amide bonds. The number of carboxylic acids is 1. The Hall–Kier alpha value is -3.85. The third kappa shape index (κ3) is 5.61. The molecule has 0 unspecified atom stereocenters. The van der Waals surface area contributed by atoms with Crippen molar-refractivity contribution >= 4 is 46.5 Å². The molecule has 9 heteroatoms. The van der Waals surface area contributed by atoms with Crippen molar-refractivity contribution in [3.05, 3.63) is 76.7 Å². The Labute approximate surface area is 181 Å². The van der Waals surface area contributed by atoms with Crippen LogP contribution in [0.2, 0.25) is 0 Å². The summed E-state index contributed by atoms with van der Waals surface area (Å²) >= 11 is 0.806. The highest BCUT2D eigenvalue weighted by atomic mass is 32.2. The van der Waals surface area contributed by atoms with E-state index in [9.17, 15) is 24.3 Å². The number of hydrogen-bond acceptors (Lipinski definition) is 6. The number of hydrogen-bond donors (Lipinski definition) is 3. The van der Waals surface area contributed by atoms with Gasteiger partial charge in [0.15, 0.2) is 0 Å². The van der Waals surface area contributed by atoms with Crippen LogP contribution in [-0.4, -0.2) is 44.7 Å². The van der Waals surface area contributed by atoms with Crippen LogP contribution in [0.4, 0.5) is 10.5 Å². The van der Waals surface area contributed by atoms with E-state index in [-0.39, 0.29) is 29.1 Å². The lowest BCUT2D eigenvalue weighted by atomic mass is 10.2. The molecule has 1 fully saturated rings. The summed E-state index contributed by atoms with van der Waals surface area (Å²) in [7, 11) is 0. The number of amides is 3. The predicted molar refractivity (Wildman–Crippen MR) is 117 cm³/mol. The molecular formula is C22H18N2O6S. The zero-order chi connectivity index (χ0) is 22.4. The van der Waals surface area contributed by atoms with Crippen LogP contribution in [0.3, 0.4) is 0 Å². The van der Waals surface area contributed by atoms with Gasteiger partial charge in [0.1, 0.15) is 11.3 Å². The number of anilines is 1. The van der Waals surface area contributed by atoms with Crippen LogP contribution in [0.25, 0.3) is 6.08 Å². The van der Waals surface area contributed by atoms with Gasteiger partial charge in [0, 0.05) is 24.7 Å². The van der Waals surface area contributed by atoms with E-state index in [0.717, 1.165) is 34.4 Å². The van der Waals surface area contributed by atoms with E-state index >= 15 is 0 Å². The summed E-state index contributed by atoms with van der Waals surface area (Å²) in [6.07, 6.45) is 4.91. The maximum Gasteiger partial charge on any atom is 0.339 e. The normalized spacial score (nSPS) is 15.1. The standard InChI is InChI=1S/C22H18N2O6S/c25-17-13-15(9-10-16(17)21(28)29)23-19(26)11-12-24-20(27)18(31-22(24)30)8-4-7-14-5-2-1-3-6-14/h1-10,13,25H,11-12H2,(H,23,26)(H,28,29). The highest BCUT2D eigenvalue weighted by Gasteiger charge is 2.34. The van der Waals surface area contributed by atoms with Crippen molar-refractivity contribution in [1.82, 2.24) is 4.90 Å². The average Bonchev–Trinajstić information content (AvgIpc) is 3.00. The Bertz CT molecular complexity index is 1090. The number of nitrogens with zero attached hydrogens (tertiary/aromatic N) is 1. The van der Waals surface area contributed by atoms with Crippen molar-refractivity contribution in [2.24, 2.45) is 0 Å². The number of aromatic carboxylic acids is 1. The van der Waals surface area contributed by atoms with Crippen LogP contribution in [-0.2, 0) is 9.59 Å². The number of imide groups is 1. The molecule has 158 valence electrons. The number of benzene rings is 2. The lowest BCUT2D eigenvalue weighted by Gasteiger charge is -2.12. The van der Waals surface area contributed by atoms with Crippen molar-refractivity contribution in [2.45, 2.75) is 6.42 Å². The fourth-order valence-corrected chi connectivity index (χ4v) is 3.56. The van der Waals surface area contributed by atoms with Crippen LogP contribution in [0.15, 0.2) is 65.6 Å². The summed E-state index contributed by atoms with van der Waals surface area (Å²) in [4.78, 5) is 48.9. The van der Waals surface area contributed by atoms with Gasteiger partial charge in [-0.15, -0.1) is 0 Å². The molecule has 3 rings (SSSR count). The van der Waals surface area contributed by atoms with Gasteiger partial charge in [0.25, 0.3) is 11.1 Å². The second-order valence-corrected chi connectivity index (χ2v) is 7.45. The van der Waals surface area contributed by atoms with Gasteiger partial charge in [-0.25, -0.2) is 4.79 Å². The van der Waals surface area contributed by atoms with Gasteiger partial charge in [-0.3, -0.25) is 19.3 Å². The van der Waals surface area contributed by atoms with E-state index in [4.69, 9.17) is 5.11 Å². The molecule has 0 aliphatic carbocycles. The van der Waals surface area contributed by atoms with Crippen LogP contribution in [0.1, 0.15) is 22.3 Å². The van der Waals surface area contributed by atoms with Crippen molar-refractivity contribution in [3.63, 3.8) is 0 Å². The van der Waals surface area contributed by atoms with Crippen molar-refractivity contribution in [1.29, 1.82) is 0 Å². The first kappa shape index (κ1) is 21.8. The number of carboxylic acid groups (broad SMARTS) is 1. The molecule has 8 nitrogen and oxygen atoms in total. The van der Waals surface area contributed by atoms with Crippen LogP contribution in [0, 0.1) is 0 Å². The number of allylic oxidation sites excluding steroid dienone is 2. The van der Waals surface area contributed by atoms with Crippen molar-refractivity contribution in [2.75, 3.05) is 11.9 Å². The molecule has 0 atom stereocenters. The van der Waals surface area contributed by atoms with E-state index < -0.39 is 28.8 Å². The molecule has 3 N–H and O–H groups in total. The summed E-state index contributed by atoms with van der Waals surface area (Å²) in [5.74, 6) is -2.73. The highest BCUT2D eigenvalue weighted by Crippen LogP contribution is 2.30.